The summed E-state index contributed by atoms with van der Waals surface area (Å²) in [6, 6.07) is 11.1. The van der Waals surface area contributed by atoms with Crippen LogP contribution in [0.2, 0.25) is 0 Å². The number of amides is 1. The molecular formula is C23H21NO5. The van der Waals surface area contributed by atoms with Crippen LogP contribution in [0.15, 0.2) is 56.3 Å². The van der Waals surface area contributed by atoms with E-state index in [9.17, 15) is 9.59 Å². The van der Waals surface area contributed by atoms with Crippen LogP contribution >= 0.6 is 0 Å². The van der Waals surface area contributed by atoms with Crippen molar-refractivity contribution in [1.29, 1.82) is 0 Å². The first-order chi connectivity index (χ1) is 14.0. The molecule has 2 aromatic carbocycles. The molecule has 29 heavy (non-hydrogen) atoms. The summed E-state index contributed by atoms with van der Waals surface area (Å²) in [5.74, 6) is 0.478. The van der Waals surface area contributed by atoms with E-state index in [0.29, 0.717) is 23.3 Å². The van der Waals surface area contributed by atoms with Crippen molar-refractivity contribution in [1.82, 2.24) is 5.32 Å². The van der Waals surface area contributed by atoms with Gasteiger partial charge in [0, 0.05) is 23.4 Å². The number of carbonyl (C=O) groups excluding carboxylic acids is 1. The van der Waals surface area contributed by atoms with Crippen molar-refractivity contribution < 1.29 is 18.4 Å². The molecule has 1 amide bonds. The minimum absolute atomic E-state index is 0.0452. The zero-order chi connectivity index (χ0) is 20.5. The number of hydrogen-bond acceptors (Lipinski definition) is 5. The van der Waals surface area contributed by atoms with Crippen LogP contribution in [0, 0.1) is 13.8 Å². The number of methoxy groups -OCH3 is 1. The summed E-state index contributed by atoms with van der Waals surface area (Å²) in [7, 11) is 1.60. The highest BCUT2D eigenvalue weighted by molar-refractivity contribution is 5.96. The smallest absolute Gasteiger partial charge is 0.340 e. The normalized spacial score (nSPS) is 11.1. The van der Waals surface area contributed by atoms with Crippen LogP contribution in [-0.2, 0) is 17.8 Å². The summed E-state index contributed by atoms with van der Waals surface area (Å²) in [4.78, 5) is 25.0. The zero-order valence-electron chi connectivity index (χ0n) is 16.5. The highest BCUT2D eigenvalue weighted by Crippen LogP contribution is 2.28. The van der Waals surface area contributed by atoms with Crippen LogP contribution in [0.25, 0.3) is 21.9 Å². The predicted molar refractivity (Wildman–Crippen MR) is 110 cm³/mol. The largest absolute Gasteiger partial charge is 0.497 e. The highest BCUT2D eigenvalue weighted by Gasteiger charge is 2.16. The Morgan fingerprint density at radius 2 is 1.93 bits per heavy atom. The molecule has 0 radical (unpaired) electrons. The Bertz CT molecular complexity index is 1280. The molecule has 6 heteroatoms. The van der Waals surface area contributed by atoms with Gasteiger partial charge in [-0.1, -0.05) is 12.1 Å². The topological polar surface area (TPSA) is 81.7 Å². The lowest BCUT2D eigenvalue weighted by Gasteiger charge is -2.09. The van der Waals surface area contributed by atoms with Gasteiger partial charge in [-0.15, -0.1) is 0 Å². The average Bonchev–Trinajstić information content (AvgIpc) is 3.08. The number of aryl methyl sites for hydroxylation is 2. The van der Waals surface area contributed by atoms with Gasteiger partial charge in [-0.2, -0.15) is 0 Å². The first-order valence-corrected chi connectivity index (χ1v) is 9.30. The van der Waals surface area contributed by atoms with E-state index in [1.54, 1.807) is 19.4 Å². The number of hydrogen-bond donors (Lipinski definition) is 1. The van der Waals surface area contributed by atoms with E-state index in [4.69, 9.17) is 13.6 Å². The van der Waals surface area contributed by atoms with Crippen LogP contribution in [0.3, 0.4) is 0 Å². The molecule has 0 unspecified atom stereocenters. The van der Waals surface area contributed by atoms with E-state index in [1.807, 2.05) is 44.2 Å². The standard InChI is InChI=1S/C23H21NO5/c1-13-12-28-20-10-21-18(8-17(13)20)14(2)19(23(26)29-21)9-22(25)24-11-15-5-4-6-16(7-15)27-3/h4-8,10,12H,9,11H2,1-3H3,(H,24,25). The van der Waals surface area contributed by atoms with Gasteiger partial charge in [0.25, 0.3) is 0 Å². The van der Waals surface area contributed by atoms with Crippen LogP contribution in [-0.4, -0.2) is 13.0 Å². The van der Waals surface area contributed by atoms with Crippen molar-refractivity contribution in [2.45, 2.75) is 26.8 Å². The second kappa shape index (κ2) is 7.47. The molecule has 0 bridgehead atoms. The summed E-state index contributed by atoms with van der Waals surface area (Å²) >= 11 is 0. The maximum atomic E-state index is 12.5. The Morgan fingerprint density at radius 1 is 1.10 bits per heavy atom. The van der Waals surface area contributed by atoms with Gasteiger partial charge in [0.2, 0.25) is 5.91 Å². The maximum absolute atomic E-state index is 12.5. The number of carbonyl (C=O) groups is 1. The van der Waals surface area contributed by atoms with E-state index in [-0.39, 0.29) is 12.3 Å². The first-order valence-electron chi connectivity index (χ1n) is 9.30. The number of furan rings is 1. The third-order valence-corrected chi connectivity index (χ3v) is 5.14. The minimum Gasteiger partial charge on any atom is -0.497 e. The van der Waals surface area contributed by atoms with Crippen molar-refractivity contribution in [2.75, 3.05) is 7.11 Å². The molecule has 0 fully saturated rings. The number of ether oxygens (including phenoxy) is 1. The molecule has 6 nitrogen and oxygen atoms in total. The van der Waals surface area contributed by atoms with Gasteiger partial charge in [0.15, 0.2) is 0 Å². The summed E-state index contributed by atoms with van der Waals surface area (Å²) in [5, 5.41) is 4.61. The lowest BCUT2D eigenvalue weighted by atomic mass is 10.0. The second-order valence-electron chi connectivity index (χ2n) is 7.06. The monoisotopic (exact) mass is 391 g/mol. The fraction of sp³-hybridized carbons (Fsp3) is 0.217. The molecule has 0 saturated heterocycles. The van der Waals surface area contributed by atoms with Gasteiger partial charge < -0.3 is 18.9 Å². The predicted octanol–water partition coefficient (Wildman–Crippen LogP) is 4.02. The van der Waals surface area contributed by atoms with Gasteiger partial charge in [0.1, 0.15) is 16.9 Å². The lowest BCUT2D eigenvalue weighted by molar-refractivity contribution is -0.120. The third kappa shape index (κ3) is 3.61. The molecule has 148 valence electrons. The van der Waals surface area contributed by atoms with E-state index >= 15 is 0 Å². The molecule has 2 aromatic heterocycles. The van der Waals surface area contributed by atoms with Gasteiger partial charge in [-0.25, -0.2) is 4.79 Å². The summed E-state index contributed by atoms with van der Waals surface area (Å²) in [6.45, 7) is 4.15. The van der Waals surface area contributed by atoms with Crippen LogP contribution < -0.4 is 15.7 Å². The molecule has 0 aliphatic carbocycles. The van der Waals surface area contributed by atoms with Gasteiger partial charge in [-0.3, -0.25) is 4.79 Å². The fourth-order valence-corrected chi connectivity index (χ4v) is 3.45. The summed E-state index contributed by atoms with van der Waals surface area (Å²) in [6.07, 6.45) is 1.63. The molecule has 4 rings (SSSR count). The minimum atomic E-state index is -0.505. The third-order valence-electron chi connectivity index (χ3n) is 5.14. The molecular weight excluding hydrogens is 370 g/mol. The molecule has 4 aromatic rings. The fourth-order valence-electron chi connectivity index (χ4n) is 3.45. The van der Waals surface area contributed by atoms with Gasteiger partial charge in [-0.05, 0) is 48.7 Å². The lowest BCUT2D eigenvalue weighted by Crippen LogP contribution is -2.27. The van der Waals surface area contributed by atoms with E-state index < -0.39 is 5.63 Å². The molecule has 0 spiro atoms. The Labute approximate surface area is 167 Å². The van der Waals surface area contributed by atoms with E-state index in [0.717, 1.165) is 33.2 Å². The first kappa shape index (κ1) is 18.8. The zero-order valence-corrected chi connectivity index (χ0v) is 16.5. The summed E-state index contributed by atoms with van der Waals surface area (Å²) < 4.78 is 16.1. The Hall–Kier alpha value is -3.54. The van der Waals surface area contributed by atoms with E-state index in [2.05, 4.69) is 5.32 Å². The van der Waals surface area contributed by atoms with Crippen molar-refractivity contribution >= 4 is 27.8 Å². The van der Waals surface area contributed by atoms with Crippen molar-refractivity contribution in [3.8, 4) is 5.75 Å². The van der Waals surface area contributed by atoms with Crippen molar-refractivity contribution in [2.24, 2.45) is 0 Å². The Balaban J connectivity index is 1.59. The number of rotatable bonds is 5. The SMILES string of the molecule is COc1cccc(CNC(=O)Cc2c(C)c3cc4c(C)coc4cc3oc2=O)c1. The van der Waals surface area contributed by atoms with E-state index in [1.165, 1.54) is 0 Å². The van der Waals surface area contributed by atoms with Crippen molar-refractivity contribution in [3.63, 3.8) is 0 Å². The number of benzene rings is 2. The highest BCUT2D eigenvalue weighted by atomic mass is 16.5. The molecule has 0 saturated carbocycles. The molecule has 0 atom stereocenters. The average molecular weight is 391 g/mol. The molecule has 0 aliphatic heterocycles. The Morgan fingerprint density at radius 3 is 2.72 bits per heavy atom. The Kier molecular flexibility index (Phi) is 4.84. The number of nitrogens with one attached hydrogen (secondary N) is 1. The quantitative estimate of drug-likeness (QED) is 0.520. The molecule has 0 aliphatic rings. The second-order valence-corrected chi connectivity index (χ2v) is 7.06. The van der Waals surface area contributed by atoms with Crippen LogP contribution in [0.4, 0.5) is 0 Å². The number of fused-ring (bicyclic) bond motifs is 2. The summed E-state index contributed by atoms with van der Waals surface area (Å²) in [5.41, 5.74) is 3.64. The van der Waals surface area contributed by atoms with Crippen LogP contribution in [0.5, 0.6) is 5.75 Å². The van der Waals surface area contributed by atoms with Crippen LogP contribution in [0.1, 0.15) is 22.3 Å². The maximum Gasteiger partial charge on any atom is 0.340 e. The van der Waals surface area contributed by atoms with Gasteiger partial charge >= 0.3 is 5.63 Å². The molecule has 1 N–H and O–H groups in total. The van der Waals surface area contributed by atoms with Crippen molar-refractivity contribution in [3.05, 3.63) is 75.3 Å². The molecule has 2 heterocycles. The van der Waals surface area contributed by atoms with Gasteiger partial charge in [0.05, 0.1) is 25.4 Å².